The van der Waals surface area contributed by atoms with E-state index in [9.17, 15) is 4.79 Å². The van der Waals surface area contributed by atoms with Crippen molar-refractivity contribution < 1.29 is 9.22 Å². The van der Waals surface area contributed by atoms with Crippen LogP contribution in [0.1, 0.15) is 33.6 Å². The highest BCUT2D eigenvalue weighted by molar-refractivity contribution is 6.74. The Morgan fingerprint density at radius 1 is 1.55 bits per heavy atom. The van der Waals surface area contributed by atoms with Crippen LogP contribution < -0.4 is 11.1 Å². The van der Waals surface area contributed by atoms with Crippen LogP contribution >= 0.6 is 0 Å². The summed E-state index contributed by atoms with van der Waals surface area (Å²) in [7, 11) is -2.14. The second kappa shape index (κ2) is 4.46. The van der Waals surface area contributed by atoms with E-state index < -0.39 is 14.0 Å². The van der Waals surface area contributed by atoms with E-state index in [-0.39, 0.29) is 22.9 Å². The molecule has 2 rings (SSSR count). The van der Waals surface area contributed by atoms with E-state index in [1.54, 1.807) is 4.90 Å². The van der Waals surface area contributed by atoms with Gasteiger partial charge < -0.3 is 15.5 Å². The molecule has 2 atom stereocenters. The summed E-state index contributed by atoms with van der Waals surface area (Å²) >= 11 is 0. The molecule has 2 bridgehead atoms. The molecule has 0 aliphatic carbocycles. The molecule has 2 amide bonds. The minimum Gasteiger partial charge on any atom is -0.389 e. The molecule has 0 aromatic rings. The van der Waals surface area contributed by atoms with E-state index in [1.807, 2.05) is 0 Å². The number of amides is 2. The van der Waals surface area contributed by atoms with Crippen molar-refractivity contribution in [2.75, 3.05) is 6.54 Å². The molecule has 2 fully saturated rings. The Balaban J connectivity index is 2.37. The summed E-state index contributed by atoms with van der Waals surface area (Å²) in [6, 6.07) is -0.000556. The van der Waals surface area contributed by atoms with Crippen LogP contribution in [0.3, 0.4) is 0 Å². The maximum absolute atomic E-state index is 12.1. The lowest BCUT2D eigenvalue weighted by Crippen LogP contribution is -2.66. The lowest BCUT2D eigenvalue weighted by molar-refractivity contribution is -0.0255. The van der Waals surface area contributed by atoms with Gasteiger partial charge in [0.05, 0.1) is 0 Å². The number of hydrogen-bond acceptors (Lipinski definition) is 3. The number of nitrogens with two attached hydrogens (primary N) is 1. The number of hydrogen-bond donors (Lipinski definition) is 3. The minimum atomic E-state index is -2.14. The average Bonchev–Trinajstić information content (AvgIpc) is 2.59. The molecule has 2 aliphatic heterocycles. The molecule has 2 unspecified atom stereocenters. The number of piperidine rings is 1. The second-order valence-electron chi connectivity index (χ2n) is 7.36. The summed E-state index contributed by atoms with van der Waals surface area (Å²) in [4.78, 5) is 13.7. The molecule has 0 aromatic heterocycles. The van der Waals surface area contributed by atoms with E-state index >= 15 is 0 Å². The first kappa shape index (κ1) is 15.3. The largest absolute Gasteiger partial charge is 0.389 e. The van der Waals surface area contributed by atoms with Gasteiger partial charge >= 0.3 is 6.03 Å². The van der Waals surface area contributed by atoms with Gasteiger partial charge in [0.15, 0.2) is 14.0 Å². The third-order valence-corrected chi connectivity index (χ3v) is 9.35. The highest BCUT2D eigenvalue weighted by Gasteiger charge is 2.56. The number of nitrogens with one attached hydrogen (secondary N) is 2. The minimum absolute atomic E-state index is 0.00248. The first-order chi connectivity index (χ1) is 8.99. The van der Waals surface area contributed by atoms with Gasteiger partial charge in [0.25, 0.3) is 0 Å². The van der Waals surface area contributed by atoms with Gasteiger partial charge in [0.1, 0.15) is 5.84 Å². The molecular formula is C13H26N4O2Si. The highest BCUT2D eigenvalue weighted by atomic mass is 28.4. The number of nitrogens with zero attached hydrogens (tertiary/aromatic N) is 1. The van der Waals surface area contributed by atoms with E-state index in [0.717, 1.165) is 6.42 Å². The lowest BCUT2D eigenvalue weighted by atomic mass is 9.96. The van der Waals surface area contributed by atoms with Crippen LogP contribution in [0.5, 0.6) is 0 Å². The van der Waals surface area contributed by atoms with Crippen LogP contribution in [-0.2, 0) is 4.43 Å². The molecular weight excluding hydrogens is 272 g/mol. The van der Waals surface area contributed by atoms with Gasteiger partial charge in [-0.2, -0.15) is 0 Å². The molecule has 0 aromatic carbocycles. The normalized spacial score (nSPS) is 30.4. The van der Waals surface area contributed by atoms with Gasteiger partial charge in [-0.05, 0) is 24.6 Å². The third kappa shape index (κ3) is 2.22. The molecule has 0 saturated carbocycles. The van der Waals surface area contributed by atoms with Crippen LogP contribution in [0.2, 0.25) is 18.1 Å². The zero-order valence-electron chi connectivity index (χ0n) is 13.0. The van der Waals surface area contributed by atoms with Crippen molar-refractivity contribution in [3.05, 3.63) is 0 Å². The maximum atomic E-state index is 12.1. The van der Waals surface area contributed by atoms with E-state index in [2.05, 4.69) is 39.2 Å². The van der Waals surface area contributed by atoms with Crippen molar-refractivity contribution in [1.29, 1.82) is 5.41 Å². The predicted molar refractivity (Wildman–Crippen MR) is 81.2 cm³/mol. The van der Waals surface area contributed by atoms with Crippen molar-refractivity contribution in [3.63, 3.8) is 0 Å². The van der Waals surface area contributed by atoms with Crippen LogP contribution in [0, 0.1) is 5.41 Å². The van der Waals surface area contributed by atoms with Crippen LogP contribution in [0.25, 0.3) is 0 Å². The van der Waals surface area contributed by atoms with Crippen molar-refractivity contribution in [2.24, 2.45) is 5.73 Å². The first-order valence-corrected chi connectivity index (χ1v) is 10.0. The Kier molecular flexibility index (Phi) is 3.41. The molecule has 20 heavy (non-hydrogen) atoms. The molecule has 2 aliphatic rings. The molecule has 0 radical (unpaired) electrons. The summed E-state index contributed by atoms with van der Waals surface area (Å²) in [5.41, 5.74) is 4.80. The highest BCUT2D eigenvalue weighted by Crippen LogP contribution is 2.43. The number of amidine groups is 1. The summed E-state index contributed by atoms with van der Waals surface area (Å²) < 4.78 is 6.45. The summed E-state index contributed by atoms with van der Waals surface area (Å²) in [6.45, 7) is 11.2. The summed E-state index contributed by atoms with van der Waals surface area (Å²) in [5.74, 6) is -0.0576. The van der Waals surface area contributed by atoms with Gasteiger partial charge in [-0.1, -0.05) is 20.8 Å². The Labute approximate surface area is 121 Å². The monoisotopic (exact) mass is 298 g/mol. The van der Waals surface area contributed by atoms with E-state index in [1.165, 1.54) is 0 Å². The van der Waals surface area contributed by atoms with Crippen LogP contribution in [-0.4, -0.2) is 43.4 Å². The molecule has 2 saturated heterocycles. The third-order valence-electron chi connectivity index (χ3n) is 4.89. The Morgan fingerprint density at radius 2 is 2.15 bits per heavy atom. The zero-order valence-corrected chi connectivity index (χ0v) is 14.0. The Bertz CT molecular complexity index is 446. The molecule has 4 N–H and O–H groups in total. The van der Waals surface area contributed by atoms with Gasteiger partial charge in [-0.3, -0.25) is 10.3 Å². The lowest BCUT2D eigenvalue weighted by Gasteiger charge is -2.49. The fourth-order valence-electron chi connectivity index (χ4n) is 2.60. The van der Waals surface area contributed by atoms with Gasteiger partial charge in [-0.25, -0.2) is 4.79 Å². The number of carbonyl (C=O) groups is 1. The topological polar surface area (TPSA) is 91.4 Å². The standard InChI is InChI=1S/C13H26N4O2Si/c1-12(2,3)20(4,5)19-13(10(14)15)7-6-9-8-17(13)11(18)16-9/h9H,6-8H2,1-5H3,(H3,14,15)(H,16,18). The molecule has 7 heteroatoms. The predicted octanol–water partition coefficient (Wildman–Crippen LogP) is 1.83. The van der Waals surface area contributed by atoms with Gasteiger partial charge in [0, 0.05) is 19.0 Å². The number of rotatable bonds is 3. The van der Waals surface area contributed by atoms with Crippen molar-refractivity contribution in [3.8, 4) is 0 Å². The van der Waals surface area contributed by atoms with Crippen molar-refractivity contribution in [1.82, 2.24) is 10.2 Å². The van der Waals surface area contributed by atoms with Gasteiger partial charge in [0.2, 0.25) is 0 Å². The van der Waals surface area contributed by atoms with Crippen molar-refractivity contribution in [2.45, 2.75) is 63.5 Å². The smallest absolute Gasteiger partial charge is 0.320 e. The second-order valence-corrected chi connectivity index (χ2v) is 12.1. The molecule has 6 nitrogen and oxygen atoms in total. The fourth-order valence-corrected chi connectivity index (χ4v) is 4.07. The van der Waals surface area contributed by atoms with E-state index in [4.69, 9.17) is 15.6 Å². The Hall–Kier alpha value is -1.08. The summed E-state index contributed by atoms with van der Waals surface area (Å²) in [6.07, 6.45) is 1.40. The van der Waals surface area contributed by atoms with Crippen molar-refractivity contribution >= 4 is 20.2 Å². The Morgan fingerprint density at radius 3 is 2.65 bits per heavy atom. The molecule has 0 spiro atoms. The SMILES string of the molecule is CC(C)(C)[Si](C)(C)OC1(C(=N)N)CCC2CN1C(=O)N2. The maximum Gasteiger partial charge on any atom is 0.320 e. The number of fused-ring (bicyclic) bond motifs is 2. The summed E-state index contributed by atoms with van der Waals surface area (Å²) in [5, 5.41) is 10.9. The fraction of sp³-hybridized carbons (Fsp3) is 0.846. The average molecular weight is 298 g/mol. The van der Waals surface area contributed by atoms with E-state index in [0.29, 0.717) is 13.0 Å². The molecule has 114 valence electrons. The number of urea groups is 1. The van der Waals surface area contributed by atoms with Gasteiger partial charge in [-0.15, -0.1) is 0 Å². The van der Waals surface area contributed by atoms with Crippen LogP contribution in [0.4, 0.5) is 4.79 Å². The van der Waals surface area contributed by atoms with Crippen LogP contribution in [0.15, 0.2) is 0 Å². The molecule has 2 heterocycles. The number of carbonyl (C=O) groups excluding carboxylic acids is 1. The quantitative estimate of drug-likeness (QED) is 0.422. The first-order valence-electron chi connectivity index (χ1n) is 7.12. The zero-order chi connectivity index (χ0) is 15.3.